The predicted octanol–water partition coefficient (Wildman–Crippen LogP) is 0.794. The zero-order valence-electron chi connectivity index (χ0n) is 11.0. The van der Waals surface area contributed by atoms with Gasteiger partial charge in [-0.3, -0.25) is 0 Å². The van der Waals surface area contributed by atoms with Gasteiger partial charge < -0.3 is 15.1 Å². The van der Waals surface area contributed by atoms with Crippen LogP contribution in [0, 0.1) is 0 Å². The number of hydrogen-bond acceptors (Lipinski definition) is 4. The topological polar surface area (TPSA) is 98.2 Å². The Hall–Kier alpha value is -1.16. The summed E-state index contributed by atoms with van der Waals surface area (Å²) in [5, 5.41) is 18.3. The van der Waals surface area contributed by atoms with Crippen molar-refractivity contribution in [2.24, 2.45) is 0 Å². The molecule has 1 unspecified atom stereocenters. The number of hydrogen-bond donors (Lipinski definition) is 2. The molecule has 1 amide bonds. The fourth-order valence-corrected chi connectivity index (χ4v) is 3.94. The Kier molecular flexibility index (Phi) is 4.87. The summed E-state index contributed by atoms with van der Waals surface area (Å²) in [5.41, 5.74) is 0. The van der Waals surface area contributed by atoms with E-state index in [1.54, 1.807) is 12.1 Å². The monoisotopic (exact) mass is 378 g/mol. The molecule has 0 aromatic heterocycles. The van der Waals surface area contributed by atoms with Crippen LogP contribution in [0.1, 0.15) is 0 Å². The highest BCUT2D eigenvalue weighted by atomic mass is 79.9. The van der Waals surface area contributed by atoms with Crippen LogP contribution in [0.5, 0.6) is 0 Å². The van der Waals surface area contributed by atoms with Crippen molar-refractivity contribution in [3.05, 3.63) is 28.7 Å². The lowest BCUT2D eigenvalue weighted by Gasteiger charge is -2.38. The zero-order valence-corrected chi connectivity index (χ0v) is 13.4. The maximum absolute atomic E-state index is 12.5. The molecule has 7 nitrogen and oxygen atoms in total. The highest BCUT2D eigenvalue weighted by Crippen LogP contribution is 2.21. The lowest BCUT2D eigenvalue weighted by atomic mass is 10.2. The molecule has 21 heavy (non-hydrogen) atoms. The highest BCUT2D eigenvalue weighted by Gasteiger charge is 2.35. The summed E-state index contributed by atoms with van der Waals surface area (Å²) in [5.74, 6) is 0. The van der Waals surface area contributed by atoms with E-state index in [0.29, 0.717) is 0 Å². The van der Waals surface area contributed by atoms with Gasteiger partial charge in [-0.2, -0.15) is 4.31 Å². The van der Waals surface area contributed by atoms with Crippen molar-refractivity contribution in [1.29, 1.82) is 0 Å². The number of aliphatic hydroxyl groups is 1. The van der Waals surface area contributed by atoms with Gasteiger partial charge in [0.05, 0.1) is 17.5 Å². The van der Waals surface area contributed by atoms with Gasteiger partial charge in [-0.1, -0.05) is 15.9 Å². The molecule has 1 aliphatic heterocycles. The first-order valence-corrected chi connectivity index (χ1v) is 8.45. The third-order valence-corrected chi connectivity index (χ3v) is 5.76. The normalized spacial score (nSPS) is 20.5. The van der Waals surface area contributed by atoms with Gasteiger partial charge in [-0.25, -0.2) is 13.2 Å². The number of nitrogens with zero attached hydrogens (tertiary/aromatic N) is 2. The number of piperazine rings is 1. The van der Waals surface area contributed by atoms with Gasteiger partial charge in [0.15, 0.2) is 0 Å². The number of carbonyl (C=O) groups is 1. The SMILES string of the molecule is O=C(O)N1CCN(S(=O)(=O)c2ccc(Br)cc2)CC1CO. The molecule has 1 fully saturated rings. The molecule has 116 valence electrons. The van der Waals surface area contributed by atoms with Crippen LogP contribution in [-0.4, -0.2) is 66.2 Å². The second-order valence-electron chi connectivity index (χ2n) is 4.63. The van der Waals surface area contributed by atoms with Crippen LogP contribution >= 0.6 is 15.9 Å². The molecular weight excluding hydrogens is 364 g/mol. The van der Waals surface area contributed by atoms with E-state index in [2.05, 4.69) is 15.9 Å². The standard InChI is InChI=1S/C12H15BrN2O5S/c13-9-1-3-11(4-2-9)21(19,20)14-5-6-15(12(17)18)10(7-14)8-16/h1-4,10,16H,5-8H2,(H,17,18). The van der Waals surface area contributed by atoms with Crippen LogP contribution in [0.25, 0.3) is 0 Å². The summed E-state index contributed by atoms with van der Waals surface area (Å²) in [6, 6.07) is 5.48. The highest BCUT2D eigenvalue weighted by molar-refractivity contribution is 9.10. The molecule has 1 aromatic carbocycles. The maximum Gasteiger partial charge on any atom is 0.407 e. The summed E-state index contributed by atoms with van der Waals surface area (Å²) in [6.45, 7) is -0.364. The number of amides is 1. The quantitative estimate of drug-likeness (QED) is 0.810. The van der Waals surface area contributed by atoms with Crippen LogP contribution < -0.4 is 0 Å². The van der Waals surface area contributed by atoms with Crippen LogP contribution in [0.4, 0.5) is 4.79 Å². The molecule has 9 heteroatoms. The molecule has 0 bridgehead atoms. The maximum atomic E-state index is 12.5. The zero-order chi connectivity index (χ0) is 15.6. The van der Waals surface area contributed by atoms with E-state index in [9.17, 15) is 18.3 Å². The van der Waals surface area contributed by atoms with E-state index in [-0.39, 0.29) is 24.5 Å². The molecule has 2 rings (SSSR count). The predicted molar refractivity (Wildman–Crippen MR) is 78.5 cm³/mol. The van der Waals surface area contributed by atoms with Gasteiger partial charge in [-0.15, -0.1) is 0 Å². The Morgan fingerprint density at radius 2 is 1.90 bits per heavy atom. The van der Waals surface area contributed by atoms with Crippen LogP contribution in [0.2, 0.25) is 0 Å². The van der Waals surface area contributed by atoms with Crippen molar-refractivity contribution in [2.75, 3.05) is 26.2 Å². The fourth-order valence-electron chi connectivity index (χ4n) is 2.21. The lowest BCUT2D eigenvalue weighted by molar-refractivity contribution is 0.0649. The average molecular weight is 379 g/mol. The summed E-state index contributed by atoms with van der Waals surface area (Å²) >= 11 is 3.24. The number of rotatable bonds is 3. The van der Waals surface area contributed by atoms with Crippen molar-refractivity contribution in [1.82, 2.24) is 9.21 Å². The molecular formula is C12H15BrN2O5S. The van der Waals surface area contributed by atoms with Gasteiger partial charge in [0.1, 0.15) is 0 Å². The molecule has 1 aliphatic rings. The van der Waals surface area contributed by atoms with Crippen molar-refractivity contribution in [3.63, 3.8) is 0 Å². The molecule has 2 N–H and O–H groups in total. The number of sulfonamides is 1. The van der Waals surface area contributed by atoms with Gasteiger partial charge >= 0.3 is 6.09 Å². The molecule has 1 saturated heterocycles. The van der Waals surface area contributed by atoms with E-state index < -0.39 is 28.8 Å². The molecule has 0 aliphatic carbocycles. The van der Waals surface area contributed by atoms with E-state index in [1.807, 2.05) is 0 Å². The third kappa shape index (κ3) is 3.37. The van der Waals surface area contributed by atoms with Gasteiger partial charge in [-0.05, 0) is 24.3 Å². The van der Waals surface area contributed by atoms with E-state index in [4.69, 9.17) is 5.11 Å². The smallest absolute Gasteiger partial charge is 0.407 e. The summed E-state index contributed by atoms with van der Waals surface area (Å²) in [7, 11) is -3.69. The van der Waals surface area contributed by atoms with Gasteiger partial charge in [0, 0.05) is 24.1 Å². The van der Waals surface area contributed by atoms with Crippen molar-refractivity contribution in [3.8, 4) is 0 Å². The molecule has 0 radical (unpaired) electrons. The minimum absolute atomic E-state index is 0.0380. The Bertz CT molecular complexity index is 619. The van der Waals surface area contributed by atoms with Crippen LogP contribution in [0.3, 0.4) is 0 Å². The van der Waals surface area contributed by atoms with Crippen molar-refractivity contribution >= 4 is 32.0 Å². The first kappa shape index (κ1) is 16.2. The van der Waals surface area contributed by atoms with E-state index in [1.165, 1.54) is 16.4 Å². The molecule has 1 aromatic rings. The minimum Gasteiger partial charge on any atom is -0.465 e. The Labute approximate surface area is 131 Å². The first-order valence-electron chi connectivity index (χ1n) is 6.22. The second-order valence-corrected chi connectivity index (χ2v) is 7.48. The Morgan fingerprint density at radius 1 is 1.29 bits per heavy atom. The number of carboxylic acid groups (broad SMARTS) is 1. The number of halogens is 1. The first-order chi connectivity index (χ1) is 9.86. The van der Waals surface area contributed by atoms with Crippen LogP contribution in [-0.2, 0) is 10.0 Å². The van der Waals surface area contributed by atoms with E-state index in [0.717, 1.165) is 9.37 Å². The van der Waals surface area contributed by atoms with Gasteiger partial charge in [0.25, 0.3) is 0 Å². The van der Waals surface area contributed by atoms with Crippen LogP contribution in [0.15, 0.2) is 33.6 Å². The number of aliphatic hydroxyl groups excluding tert-OH is 1. The largest absolute Gasteiger partial charge is 0.465 e. The molecule has 0 spiro atoms. The summed E-state index contributed by atoms with van der Waals surface area (Å²) in [6.07, 6.45) is -1.16. The third-order valence-electron chi connectivity index (χ3n) is 3.35. The Balaban J connectivity index is 2.22. The molecule has 1 heterocycles. The average Bonchev–Trinajstić information content (AvgIpc) is 2.46. The van der Waals surface area contributed by atoms with Crippen molar-refractivity contribution < 1.29 is 23.4 Å². The van der Waals surface area contributed by atoms with Crippen molar-refractivity contribution in [2.45, 2.75) is 10.9 Å². The summed E-state index contributed by atoms with van der Waals surface area (Å²) < 4.78 is 27.0. The van der Waals surface area contributed by atoms with Gasteiger partial charge in [0.2, 0.25) is 10.0 Å². The Morgan fingerprint density at radius 3 is 2.43 bits per heavy atom. The molecule has 1 atom stereocenters. The molecule has 0 saturated carbocycles. The van der Waals surface area contributed by atoms with E-state index >= 15 is 0 Å². The fraction of sp³-hybridized carbons (Fsp3) is 0.417. The second kappa shape index (κ2) is 6.30. The number of benzene rings is 1. The lowest BCUT2D eigenvalue weighted by Crippen LogP contribution is -2.57. The summed E-state index contributed by atoms with van der Waals surface area (Å²) in [4.78, 5) is 12.2. The minimum atomic E-state index is -3.69.